The van der Waals surface area contributed by atoms with Crippen molar-refractivity contribution in [3.8, 4) is 5.75 Å². The van der Waals surface area contributed by atoms with Crippen LogP contribution in [0.25, 0.3) is 0 Å². The monoisotopic (exact) mass is 300 g/mol. The van der Waals surface area contributed by atoms with E-state index >= 15 is 0 Å². The lowest BCUT2D eigenvalue weighted by atomic mass is 10.0. The van der Waals surface area contributed by atoms with Crippen LogP contribution in [0.5, 0.6) is 5.75 Å². The largest absolute Gasteiger partial charge is 0.495 e. The molecule has 0 heterocycles. The highest BCUT2D eigenvalue weighted by atomic mass is 32.1. The molecule has 0 unspecified atom stereocenters. The Balaban J connectivity index is 2.12. The summed E-state index contributed by atoms with van der Waals surface area (Å²) in [6, 6.07) is 15.9. The zero-order chi connectivity index (χ0) is 15.2. The van der Waals surface area contributed by atoms with Crippen LogP contribution in [-0.2, 0) is 0 Å². The molecule has 2 aromatic carbocycles. The maximum Gasteiger partial charge on any atom is 0.175 e. The van der Waals surface area contributed by atoms with E-state index in [-0.39, 0.29) is 0 Å². The molecule has 0 atom stereocenters. The fourth-order valence-electron chi connectivity index (χ4n) is 2.14. The lowest BCUT2D eigenvalue weighted by molar-refractivity contribution is 0.417. The standard InChI is InChI=1S/C17H20N2OS/c1-12(2)13-8-4-5-9-14(13)18-17(21)19-15-10-6-7-11-16(15)20-3/h4-12H,1-3H3,(H2,18,19,21). The van der Waals surface area contributed by atoms with Crippen LogP contribution in [0.4, 0.5) is 11.4 Å². The lowest BCUT2D eigenvalue weighted by Gasteiger charge is -2.17. The van der Waals surface area contributed by atoms with Crippen LogP contribution in [0.3, 0.4) is 0 Å². The van der Waals surface area contributed by atoms with Gasteiger partial charge in [0.1, 0.15) is 5.75 Å². The average Bonchev–Trinajstić information content (AvgIpc) is 2.48. The summed E-state index contributed by atoms with van der Waals surface area (Å²) in [6.07, 6.45) is 0. The predicted octanol–water partition coefficient (Wildman–Crippen LogP) is 4.63. The van der Waals surface area contributed by atoms with Crippen molar-refractivity contribution in [2.45, 2.75) is 19.8 Å². The van der Waals surface area contributed by atoms with Gasteiger partial charge in [0.25, 0.3) is 0 Å². The molecule has 3 nitrogen and oxygen atoms in total. The van der Waals surface area contributed by atoms with Crippen LogP contribution < -0.4 is 15.4 Å². The number of nitrogens with one attached hydrogen (secondary N) is 2. The van der Waals surface area contributed by atoms with E-state index < -0.39 is 0 Å². The predicted molar refractivity (Wildman–Crippen MR) is 93.4 cm³/mol. The number of benzene rings is 2. The summed E-state index contributed by atoms with van der Waals surface area (Å²) < 4.78 is 5.31. The normalized spacial score (nSPS) is 10.3. The van der Waals surface area contributed by atoms with Gasteiger partial charge in [-0.15, -0.1) is 0 Å². The Labute approximate surface area is 131 Å². The number of hydrogen-bond acceptors (Lipinski definition) is 2. The van der Waals surface area contributed by atoms with Crippen LogP contribution in [0.15, 0.2) is 48.5 Å². The molecule has 2 aromatic rings. The summed E-state index contributed by atoms with van der Waals surface area (Å²) in [5.74, 6) is 1.20. The van der Waals surface area contributed by atoms with Crippen LogP contribution in [0, 0.1) is 0 Å². The Morgan fingerprint density at radius 3 is 2.19 bits per heavy atom. The van der Waals surface area contributed by atoms with E-state index in [0.29, 0.717) is 11.0 Å². The van der Waals surface area contributed by atoms with Gasteiger partial charge in [-0.2, -0.15) is 0 Å². The Morgan fingerprint density at radius 1 is 0.952 bits per heavy atom. The first-order valence-electron chi connectivity index (χ1n) is 6.91. The van der Waals surface area contributed by atoms with Gasteiger partial charge in [0.15, 0.2) is 5.11 Å². The minimum absolute atomic E-state index is 0.433. The third-order valence-corrected chi connectivity index (χ3v) is 3.39. The zero-order valence-corrected chi connectivity index (χ0v) is 13.3. The number of hydrogen-bond donors (Lipinski definition) is 2. The molecule has 110 valence electrons. The summed E-state index contributed by atoms with van der Waals surface area (Å²) >= 11 is 5.39. The van der Waals surface area contributed by atoms with Crippen molar-refractivity contribution in [2.24, 2.45) is 0 Å². The topological polar surface area (TPSA) is 33.3 Å². The molecule has 0 saturated heterocycles. The highest BCUT2D eigenvalue weighted by Gasteiger charge is 2.08. The molecule has 2 rings (SSSR count). The molecule has 0 radical (unpaired) electrons. The molecule has 2 N–H and O–H groups in total. The Hall–Kier alpha value is -2.07. The minimum atomic E-state index is 0.433. The van der Waals surface area contributed by atoms with Gasteiger partial charge in [-0.25, -0.2) is 0 Å². The first-order valence-corrected chi connectivity index (χ1v) is 7.32. The summed E-state index contributed by atoms with van der Waals surface area (Å²) in [5.41, 5.74) is 3.11. The third-order valence-electron chi connectivity index (χ3n) is 3.19. The van der Waals surface area contributed by atoms with Crippen molar-refractivity contribution in [1.29, 1.82) is 0 Å². The second-order valence-corrected chi connectivity index (χ2v) is 5.43. The second-order valence-electron chi connectivity index (χ2n) is 5.02. The lowest BCUT2D eigenvalue weighted by Crippen LogP contribution is -2.20. The minimum Gasteiger partial charge on any atom is -0.495 e. The maximum atomic E-state index is 5.39. The van der Waals surface area contributed by atoms with Crippen molar-refractivity contribution in [2.75, 3.05) is 17.7 Å². The molecule has 0 spiro atoms. The third kappa shape index (κ3) is 3.95. The van der Waals surface area contributed by atoms with Gasteiger partial charge < -0.3 is 15.4 Å². The van der Waals surface area contributed by atoms with Crippen molar-refractivity contribution < 1.29 is 4.74 Å². The molecule has 0 aromatic heterocycles. The number of ether oxygens (including phenoxy) is 1. The molecule has 0 amide bonds. The molecule has 0 aliphatic rings. The average molecular weight is 300 g/mol. The summed E-state index contributed by atoms with van der Waals surface area (Å²) in [6.45, 7) is 4.33. The maximum absolute atomic E-state index is 5.39. The molecular weight excluding hydrogens is 280 g/mol. The van der Waals surface area contributed by atoms with Gasteiger partial charge in [0.05, 0.1) is 12.8 Å². The molecular formula is C17H20N2OS. The van der Waals surface area contributed by atoms with E-state index in [4.69, 9.17) is 17.0 Å². The van der Waals surface area contributed by atoms with Gasteiger partial charge >= 0.3 is 0 Å². The highest BCUT2D eigenvalue weighted by Crippen LogP contribution is 2.25. The van der Waals surface area contributed by atoms with Crippen LogP contribution in [-0.4, -0.2) is 12.2 Å². The molecule has 0 saturated carbocycles. The Morgan fingerprint density at radius 2 is 1.52 bits per heavy atom. The molecule has 0 fully saturated rings. The number of anilines is 2. The Bertz CT molecular complexity index is 626. The second kappa shape index (κ2) is 7.09. The van der Waals surface area contributed by atoms with E-state index in [1.165, 1.54) is 5.56 Å². The molecule has 21 heavy (non-hydrogen) atoms. The number of thiocarbonyl (C=S) groups is 1. The van der Waals surface area contributed by atoms with Gasteiger partial charge in [0.2, 0.25) is 0 Å². The summed E-state index contributed by atoms with van der Waals surface area (Å²) in [4.78, 5) is 0. The smallest absolute Gasteiger partial charge is 0.175 e. The van der Waals surface area contributed by atoms with Crippen LogP contribution in [0.2, 0.25) is 0 Å². The van der Waals surface area contributed by atoms with E-state index in [9.17, 15) is 0 Å². The van der Waals surface area contributed by atoms with E-state index in [1.807, 2.05) is 42.5 Å². The first kappa shape index (κ1) is 15.3. The van der Waals surface area contributed by atoms with E-state index in [1.54, 1.807) is 7.11 Å². The summed E-state index contributed by atoms with van der Waals surface area (Å²) in [5, 5.41) is 6.98. The van der Waals surface area contributed by atoms with Crippen LogP contribution >= 0.6 is 12.2 Å². The van der Waals surface area contributed by atoms with Gasteiger partial charge in [-0.1, -0.05) is 44.2 Å². The quantitative estimate of drug-likeness (QED) is 0.807. The Kier molecular flexibility index (Phi) is 5.17. The fraction of sp³-hybridized carbons (Fsp3) is 0.235. The van der Waals surface area contributed by atoms with Crippen LogP contribution in [0.1, 0.15) is 25.3 Å². The van der Waals surface area contributed by atoms with Crippen molar-refractivity contribution in [3.05, 3.63) is 54.1 Å². The van der Waals surface area contributed by atoms with Gasteiger partial charge in [-0.05, 0) is 41.9 Å². The first-order chi connectivity index (χ1) is 10.1. The zero-order valence-electron chi connectivity index (χ0n) is 12.5. The van der Waals surface area contributed by atoms with Crippen molar-refractivity contribution in [3.63, 3.8) is 0 Å². The highest BCUT2D eigenvalue weighted by molar-refractivity contribution is 7.80. The van der Waals surface area contributed by atoms with Crippen molar-refractivity contribution >= 4 is 28.7 Å². The molecule has 4 heteroatoms. The number of para-hydroxylation sites is 3. The number of rotatable bonds is 4. The molecule has 0 aliphatic heterocycles. The van der Waals surface area contributed by atoms with E-state index in [2.05, 4.69) is 30.5 Å². The summed E-state index contributed by atoms with van der Waals surface area (Å²) in [7, 11) is 1.64. The van der Waals surface area contributed by atoms with E-state index in [0.717, 1.165) is 17.1 Å². The van der Waals surface area contributed by atoms with Gasteiger partial charge in [-0.3, -0.25) is 0 Å². The fourth-order valence-corrected chi connectivity index (χ4v) is 2.36. The SMILES string of the molecule is COc1ccccc1NC(=S)Nc1ccccc1C(C)C. The molecule has 0 bridgehead atoms. The molecule has 0 aliphatic carbocycles. The number of methoxy groups -OCH3 is 1. The van der Waals surface area contributed by atoms with Crippen molar-refractivity contribution in [1.82, 2.24) is 0 Å². The van der Waals surface area contributed by atoms with Gasteiger partial charge in [0, 0.05) is 5.69 Å².